The molecule has 4 nitrogen and oxygen atoms in total. The Bertz CT molecular complexity index is 409. The predicted molar refractivity (Wildman–Crippen MR) is 66.8 cm³/mol. The van der Waals surface area contributed by atoms with Crippen LogP contribution in [0.1, 0.15) is 38.9 Å². The van der Waals surface area contributed by atoms with Gasteiger partial charge in [0.1, 0.15) is 11.6 Å². The molecule has 16 heavy (non-hydrogen) atoms. The van der Waals surface area contributed by atoms with Crippen molar-refractivity contribution in [2.24, 2.45) is 0 Å². The number of hydrogen-bond acceptors (Lipinski definition) is 3. The van der Waals surface area contributed by atoms with Gasteiger partial charge < -0.3 is 10.3 Å². The Kier molecular flexibility index (Phi) is 4.28. The summed E-state index contributed by atoms with van der Waals surface area (Å²) in [7, 11) is 0. The maximum atomic E-state index is 11.4. The minimum atomic E-state index is -0.119. The monoisotopic (exact) mass is 221 g/mol. The van der Waals surface area contributed by atoms with Crippen LogP contribution in [0.25, 0.3) is 0 Å². The average Bonchev–Trinajstić information content (AvgIpc) is 2.16. The average molecular weight is 221 g/mol. The van der Waals surface area contributed by atoms with Crippen molar-refractivity contribution in [3.63, 3.8) is 0 Å². The van der Waals surface area contributed by atoms with Gasteiger partial charge in [0.2, 0.25) is 0 Å². The Hall–Kier alpha value is -1.58. The molecule has 0 aliphatic carbocycles. The van der Waals surface area contributed by atoms with Crippen molar-refractivity contribution < 1.29 is 0 Å². The minimum absolute atomic E-state index is 0.119. The molecule has 0 saturated heterocycles. The molecule has 0 fully saturated rings. The molecule has 0 amide bonds. The van der Waals surface area contributed by atoms with Crippen LogP contribution in [-0.4, -0.2) is 16.0 Å². The first-order valence-electron chi connectivity index (χ1n) is 5.51. The molecule has 1 unspecified atom stereocenters. The molecule has 0 saturated carbocycles. The van der Waals surface area contributed by atoms with Crippen LogP contribution in [0.4, 0.5) is 5.82 Å². The molecule has 0 bridgehead atoms. The zero-order valence-corrected chi connectivity index (χ0v) is 10.1. The molecule has 0 aliphatic heterocycles. The van der Waals surface area contributed by atoms with Crippen molar-refractivity contribution in [1.82, 2.24) is 9.97 Å². The normalized spacial score (nSPS) is 12.5. The maximum Gasteiger partial charge on any atom is 0.252 e. The summed E-state index contributed by atoms with van der Waals surface area (Å²) in [6.45, 7) is 9.70. The minimum Gasteiger partial charge on any atom is -0.367 e. The van der Waals surface area contributed by atoms with E-state index in [1.165, 1.54) is 6.07 Å². The number of anilines is 1. The summed E-state index contributed by atoms with van der Waals surface area (Å²) in [5, 5.41) is 3.18. The van der Waals surface area contributed by atoms with Gasteiger partial charge in [-0.3, -0.25) is 4.79 Å². The number of aromatic nitrogens is 2. The van der Waals surface area contributed by atoms with E-state index in [2.05, 4.69) is 21.9 Å². The molecular weight excluding hydrogens is 202 g/mol. The van der Waals surface area contributed by atoms with Gasteiger partial charge in [0.05, 0.1) is 0 Å². The van der Waals surface area contributed by atoms with Gasteiger partial charge in [-0.05, 0) is 13.3 Å². The molecule has 1 atom stereocenters. The van der Waals surface area contributed by atoms with Crippen molar-refractivity contribution in [2.45, 2.75) is 39.2 Å². The third-order valence-electron chi connectivity index (χ3n) is 2.22. The van der Waals surface area contributed by atoms with E-state index in [0.29, 0.717) is 11.6 Å². The Morgan fingerprint density at radius 2 is 2.25 bits per heavy atom. The molecule has 88 valence electrons. The second-order valence-corrected chi connectivity index (χ2v) is 4.24. The van der Waals surface area contributed by atoms with Crippen LogP contribution >= 0.6 is 0 Å². The summed E-state index contributed by atoms with van der Waals surface area (Å²) in [4.78, 5) is 18.5. The van der Waals surface area contributed by atoms with Crippen LogP contribution in [-0.2, 0) is 0 Å². The van der Waals surface area contributed by atoms with E-state index in [9.17, 15) is 4.79 Å². The highest BCUT2D eigenvalue weighted by Crippen LogP contribution is 2.10. The molecule has 4 heteroatoms. The summed E-state index contributed by atoms with van der Waals surface area (Å²) >= 11 is 0. The lowest BCUT2D eigenvalue weighted by Crippen LogP contribution is -2.19. The first kappa shape index (κ1) is 12.5. The fourth-order valence-electron chi connectivity index (χ4n) is 1.39. The van der Waals surface area contributed by atoms with Crippen LogP contribution in [0.2, 0.25) is 0 Å². The Morgan fingerprint density at radius 1 is 1.56 bits per heavy atom. The molecule has 1 rings (SSSR count). The highest BCUT2D eigenvalue weighted by molar-refractivity contribution is 5.34. The first-order chi connectivity index (χ1) is 7.52. The lowest BCUT2D eigenvalue weighted by Gasteiger charge is -2.13. The summed E-state index contributed by atoms with van der Waals surface area (Å²) in [5.74, 6) is 1.55. The molecule has 1 aromatic rings. The van der Waals surface area contributed by atoms with E-state index < -0.39 is 0 Å². The number of nitrogens with one attached hydrogen (secondary N) is 2. The summed E-state index contributed by atoms with van der Waals surface area (Å²) in [6.07, 6.45) is 2.68. The molecule has 1 heterocycles. The van der Waals surface area contributed by atoms with Gasteiger partial charge in [0.15, 0.2) is 0 Å². The third-order valence-corrected chi connectivity index (χ3v) is 2.22. The van der Waals surface area contributed by atoms with Crippen LogP contribution in [0.15, 0.2) is 23.5 Å². The van der Waals surface area contributed by atoms with E-state index in [-0.39, 0.29) is 17.5 Å². The van der Waals surface area contributed by atoms with Gasteiger partial charge >= 0.3 is 0 Å². The quantitative estimate of drug-likeness (QED) is 0.750. The standard InChI is InChI=1S/C12H19N3O/c1-5-6-9(4)13-10-7-11(16)15-12(14-10)8(2)3/h5,7-9H,1,6H2,2-4H3,(H2,13,14,15,16). The Balaban J connectivity index is 2.88. The van der Waals surface area contributed by atoms with Crippen molar-refractivity contribution in [3.05, 3.63) is 34.9 Å². The van der Waals surface area contributed by atoms with Gasteiger partial charge in [-0.15, -0.1) is 6.58 Å². The summed E-state index contributed by atoms with van der Waals surface area (Å²) < 4.78 is 0. The van der Waals surface area contributed by atoms with Crippen molar-refractivity contribution in [3.8, 4) is 0 Å². The topological polar surface area (TPSA) is 57.8 Å². The van der Waals surface area contributed by atoms with Gasteiger partial charge in [-0.2, -0.15) is 0 Å². The van der Waals surface area contributed by atoms with E-state index in [4.69, 9.17) is 0 Å². The number of hydrogen-bond donors (Lipinski definition) is 2. The molecule has 1 aromatic heterocycles. The Morgan fingerprint density at radius 3 is 2.81 bits per heavy atom. The molecular formula is C12H19N3O. The molecule has 0 spiro atoms. The first-order valence-corrected chi connectivity index (χ1v) is 5.51. The summed E-state index contributed by atoms with van der Waals surface area (Å²) in [5.41, 5.74) is -0.119. The fourth-order valence-corrected chi connectivity index (χ4v) is 1.39. The second kappa shape index (κ2) is 5.49. The zero-order valence-electron chi connectivity index (χ0n) is 10.1. The van der Waals surface area contributed by atoms with E-state index in [0.717, 1.165) is 6.42 Å². The van der Waals surface area contributed by atoms with Crippen molar-refractivity contribution in [1.29, 1.82) is 0 Å². The highest BCUT2D eigenvalue weighted by Gasteiger charge is 2.06. The SMILES string of the molecule is C=CCC(C)Nc1cc(=O)[nH]c(C(C)C)n1. The summed E-state index contributed by atoms with van der Waals surface area (Å²) in [6, 6.07) is 1.71. The maximum absolute atomic E-state index is 11.4. The third kappa shape index (κ3) is 3.53. The lowest BCUT2D eigenvalue weighted by atomic mass is 10.2. The lowest BCUT2D eigenvalue weighted by molar-refractivity contribution is 0.754. The fraction of sp³-hybridized carbons (Fsp3) is 0.500. The second-order valence-electron chi connectivity index (χ2n) is 4.24. The number of H-pyrrole nitrogens is 1. The van der Waals surface area contributed by atoms with Gasteiger partial charge in [0.25, 0.3) is 5.56 Å². The highest BCUT2D eigenvalue weighted by atomic mass is 16.1. The van der Waals surface area contributed by atoms with E-state index >= 15 is 0 Å². The van der Waals surface area contributed by atoms with Gasteiger partial charge in [-0.25, -0.2) is 4.98 Å². The van der Waals surface area contributed by atoms with E-state index in [1.54, 1.807) is 0 Å². The van der Waals surface area contributed by atoms with Crippen LogP contribution in [0.5, 0.6) is 0 Å². The van der Waals surface area contributed by atoms with Crippen molar-refractivity contribution in [2.75, 3.05) is 5.32 Å². The smallest absolute Gasteiger partial charge is 0.252 e. The van der Waals surface area contributed by atoms with Crippen molar-refractivity contribution >= 4 is 5.82 Å². The van der Waals surface area contributed by atoms with Gasteiger partial charge in [-0.1, -0.05) is 19.9 Å². The largest absolute Gasteiger partial charge is 0.367 e. The molecule has 0 aromatic carbocycles. The molecule has 0 radical (unpaired) electrons. The van der Waals surface area contributed by atoms with Gasteiger partial charge in [0, 0.05) is 18.0 Å². The number of nitrogens with zero attached hydrogens (tertiary/aromatic N) is 1. The zero-order chi connectivity index (χ0) is 12.1. The Labute approximate surface area is 95.8 Å². The molecule has 0 aliphatic rings. The van der Waals surface area contributed by atoms with Crippen LogP contribution < -0.4 is 10.9 Å². The number of rotatable bonds is 5. The van der Waals surface area contributed by atoms with Crippen LogP contribution in [0.3, 0.4) is 0 Å². The van der Waals surface area contributed by atoms with Crippen LogP contribution in [0, 0.1) is 0 Å². The number of aromatic amines is 1. The molecule has 2 N–H and O–H groups in total. The predicted octanol–water partition coefficient (Wildman–Crippen LogP) is 2.27. The van der Waals surface area contributed by atoms with E-state index in [1.807, 2.05) is 26.8 Å².